The molecule has 0 saturated heterocycles. The quantitative estimate of drug-likeness (QED) is 0.460. The predicted octanol–water partition coefficient (Wildman–Crippen LogP) is 3.10. The molecule has 0 N–H and O–H groups in total. The maximum atomic E-state index is 8.88. The van der Waals surface area contributed by atoms with Gasteiger partial charge >= 0.3 is 0 Å². The van der Waals surface area contributed by atoms with Crippen LogP contribution in [0.3, 0.4) is 0 Å². The highest BCUT2D eigenvalue weighted by Crippen LogP contribution is 2.12. The van der Waals surface area contributed by atoms with E-state index in [0.717, 1.165) is 5.56 Å². The van der Waals surface area contributed by atoms with Crippen molar-refractivity contribution < 1.29 is 4.84 Å². The standard InChI is InChI=1S/C15H15ClN4O/c1-20(2)15(13(9-17)10-18)6-7-19-21-11-12-4-3-5-14(16)8-12/h3-5,7-8H,6,11H2,1-2H3/b19-7+. The molecule has 0 saturated carbocycles. The molecule has 108 valence electrons. The highest BCUT2D eigenvalue weighted by molar-refractivity contribution is 6.30. The van der Waals surface area contributed by atoms with Gasteiger partial charge in [0.2, 0.25) is 0 Å². The zero-order valence-electron chi connectivity index (χ0n) is 11.9. The lowest BCUT2D eigenvalue weighted by molar-refractivity contribution is 0.131. The third kappa shape index (κ3) is 5.56. The van der Waals surface area contributed by atoms with E-state index in [1.807, 2.05) is 24.3 Å². The maximum absolute atomic E-state index is 8.88. The van der Waals surface area contributed by atoms with Gasteiger partial charge in [0.25, 0.3) is 0 Å². The average Bonchev–Trinajstić information content (AvgIpc) is 2.46. The Hall–Kier alpha value is -2.50. The minimum absolute atomic E-state index is 0.0706. The van der Waals surface area contributed by atoms with Crippen molar-refractivity contribution in [3.63, 3.8) is 0 Å². The maximum Gasteiger partial charge on any atom is 0.149 e. The van der Waals surface area contributed by atoms with Crippen LogP contribution in [0.4, 0.5) is 0 Å². The van der Waals surface area contributed by atoms with Crippen LogP contribution < -0.4 is 0 Å². The first-order valence-corrected chi connectivity index (χ1v) is 6.55. The van der Waals surface area contributed by atoms with Crippen molar-refractivity contribution in [3.8, 4) is 12.1 Å². The van der Waals surface area contributed by atoms with Crippen molar-refractivity contribution in [2.75, 3.05) is 14.1 Å². The fourth-order valence-corrected chi connectivity index (χ4v) is 1.79. The Kier molecular flexibility index (Phi) is 6.80. The fraction of sp³-hybridized carbons (Fsp3) is 0.267. The molecule has 0 heterocycles. The van der Waals surface area contributed by atoms with Gasteiger partial charge in [0, 0.05) is 37.5 Å². The fourth-order valence-electron chi connectivity index (χ4n) is 1.58. The molecule has 1 aromatic rings. The first kappa shape index (κ1) is 16.6. The number of allylic oxidation sites excluding steroid dienone is 2. The summed E-state index contributed by atoms with van der Waals surface area (Å²) in [5.41, 5.74) is 1.58. The average molecular weight is 303 g/mol. The summed E-state index contributed by atoms with van der Waals surface area (Å²) in [6, 6.07) is 11.0. The Labute approximate surface area is 129 Å². The number of nitrogens with zero attached hydrogens (tertiary/aromatic N) is 4. The first-order chi connectivity index (χ1) is 10.1. The van der Waals surface area contributed by atoms with Gasteiger partial charge in [0.1, 0.15) is 24.3 Å². The smallest absolute Gasteiger partial charge is 0.149 e. The number of oxime groups is 1. The minimum Gasteiger partial charge on any atom is -0.391 e. The van der Waals surface area contributed by atoms with E-state index in [0.29, 0.717) is 23.7 Å². The van der Waals surface area contributed by atoms with Crippen molar-refractivity contribution in [3.05, 3.63) is 46.1 Å². The zero-order chi connectivity index (χ0) is 15.7. The van der Waals surface area contributed by atoms with Crippen LogP contribution in [0.1, 0.15) is 12.0 Å². The van der Waals surface area contributed by atoms with E-state index in [1.54, 1.807) is 31.1 Å². The summed E-state index contributed by atoms with van der Waals surface area (Å²) < 4.78 is 0. The van der Waals surface area contributed by atoms with Gasteiger partial charge in [-0.2, -0.15) is 10.5 Å². The van der Waals surface area contributed by atoms with Crippen molar-refractivity contribution in [1.29, 1.82) is 10.5 Å². The van der Waals surface area contributed by atoms with Crippen LogP contribution in [0.25, 0.3) is 0 Å². The summed E-state index contributed by atoms with van der Waals surface area (Å²) >= 11 is 5.86. The molecule has 0 aromatic heterocycles. The van der Waals surface area contributed by atoms with E-state index in [4.69, 9.17) is 27.0 Å². The molecule has 21 heavy (non-hydrogen) atoms. The van der Waals surface area contributed by atoms with Crippen molar-refractivity contribution in [2.24, 2.45) is 5.16 Å². The molecule has 0 bridgehead atoms. The van der Waals surface area contributed by atoms with E-state index in [1.165, 1.54) is 6.21 Å². The van der Waals surface area contributed by atoms with Gasteiger partial charge in [0.05, 0.1) is 0 Å². The lowest BCUT2D eigenvalue weighted by Gasteiger charge is -2.14. The summed E-state index contributed by atoms with van der Waals surface area (Å²) in [4.78, 5) is 6.87. The monoisotopic (exact) mass is 302 g/mol. The van der Waals surface area contributed by atoms with E-state index in [2.05, 4.69) is 5.16 Å². The number of rotatable bonds is 6. The Morgan fingerprint density at radius 2 is 2.10 bits per heavy atom. The summed E-state index contributed by atoms with van der Waals surface area (Å²) in [5.74, 6) is 0. The van der Waals surface area contributed by atoms with Gasteiger partial charge in [-0.05, 0) is 17.7 Å². The van der Waals surface area contributed by atoms with Crippen LogP contribution in [0.15, 0.2) is 40.7 Å². The Morgan fingerprint density at radius 3 is 2.67 bits per heavy atom. The third-order valence-electron chi connectivity index (χ3n) is 2.61. The summed E-state index contributed by atoms with van der Waals surface area (Å²) in [5, 5.41) is 22.2. The summed E-state index contributed by atoms with van der Waals surface area (Å²) in [6.45, 7) is 0.307. The van der Waals surface area contributed by atoms with Crippen LogP contribution in [-0.4, -0.2) is 25.2 Å². The zero-order valence-corrected chi connectivity index (χ0v) is 12.6. The van der Waals surface area contributed by atoms with E-state index in [9.17, 15) is 0 Å². The second-order valence-electron chi connectivity index (χ2n) is 4.34. The topological polar surface area (TPSA) is 72.4 Å². The molecule has 0 radical (unpaired) electrons. The molecular weight excluding hydrogens is 288 g/mol. The predicted molar refractivity (Wildman–Crippen MR) is 81.3 cm³/mol. The van der Waals surface area contributed by atoms with Crippen molar-refractivity contribution in [2.45, 2.75) is 13.0 Å². The second kappa shape index (κ2) is 8.63. The highest BCUT2D eigenvalue weighted by Gasteiger charge is 2.07. The molecule has 0 aliphatic carbocycles. The van der Waals surface area contributed by atoms with Crippen LogP contribution in [0, 0.1) is 22.7 Å². The Bertz CT molecular complexity index is 607. The van der Waals surface area contributed by atoms with E-state index >= 15 is 0 Å². The number of hydrogen-bond acceptors (Lipinski definition) is 5. The molecule has 0 unspecified atom stereocenters. The van der Waals surface area contributed by atoms with Gasteiger partial charge in [-0.25, -0.2) is 0 Å². The first-order valence-electron chi connectivity index (χ1n) is 6.17. The largest absolute Gasteiger partial charge is 0.391 e. The summed E-state index contributed by atoms with van der Waals surface area (Å²) in [6.07, 6.45) is 1.87. The number of benzene rings is 1. The molecule has 0 fully saturated rings. The molecule has 0 amide bonds. The second-order valence-corrected chi connectivity index (χ2v) is 4.77. The van der Waals surface area contributed by atoms with Crippen LogP contribution in [0.2, 0.25) is 5.02 Å². The van der Waals surface area contributed by atoms with Gasteiger partial charge in [-0.1, -0.05) is 28.9 Å². The van der Waals surface area contributed by atoms with Crippen LogP contribution >= 0.6 is 11.6 Å². The number of halogens is 1. The summed E-state index contributed by atoms with van der Waals surface area (Å²) in [7, 11) is 3.54. The number of hydrogen-bond donors (Lipinski definition) is 0. The normalized spacial score (nSPS) is 9.76. The Balaban J connectivity index is 2.56. The molecule has 5 nitrogen and oxygen atoms in total. The van der Waals surface area contributed by atoms with E-state index < -0.39 is 0 Å². The third-order valence-corrected chi connectivity index (χ3v) is 2.84. The lowest BCUT2D eigenvalue weighted by atomic mass is 10.2. The van der Waals surface area contributed by atoms with Crippen molar-refractivity contribution >= 4 is 17.8 Å². The highest BCUT2D eigenvalue weighted by atomic mass is 35.5. The van der Waals surface area contributed by atoms with Gasteiger partial charge in [-0.15, -0.1) is 0 Å². The molecule has 1 aromatic carbocycles. The minimum atomic E-state index is 0.0706. The molecule has 0 spiro atoms. The molecule has 0 atom stereocenters. The van der Waals surface area contributed by atoms with Gasteiger partial charge < -0.3 is 9.74 Å². The van der Waals surface area contributed by atoms with Gasteiger partial charge in [0.15, 0.2) is 0 Å². The number of nitriles is 2. The Morgan fingerprint density at radius 1 is 1.38 bits per heavy atom. The van der Waals surface area contributed by atoms with Crippen LogP contribution in [0.5, 0.6) is 0 Å². The molecule has 1 rings (SSSR count). The SMILES string of the molecule is CN(C)C(C/C=N/OCc1cccc(Cl)c1)=C(C#N)C#N. The van der Waals surface area contributed by atoms with E-state index in [-0.39, 0.29) is 5.57 Å². The van der Waals surface area contributed by atoms with Crippen molar-refractivity contribution in [1.82, 2.24) is 4.90 Å². The van der Waals surface area contributed by atoms with Crippen LogP contribution in [-0.2, 0) is 11.4 Å². The molecule has 0 aliphatic heterocycles. The molecule has 6 heteroatoms. The lowest BCUT2D eigenvalue weighted by Crippen LogP contribution is -2.13. The molecular formula is C15H15ClN4O. The molecule has 0 aliphatic rings. The van der Waals surface area contributed by atoms with Gasteiger partial charge in [-0.3, -0.25) is 0 Å².